The van der Waals surface area contributed by atoms with Gasteiger partial charge in [-0.1, -0.05) is 19.8 Å². The lowest BCUT2D eigenvalue weighted by atomic mass is 9.78. The van der Waals surface area contributed by atoms with Crippen LogP contribution in [0, 0.1) is 17.2 Å². The molecule has 2 N–H and O–H groups in total. The van der Waals surface area contributed by atoms with Crippen LogP contribution in [0.25, 0.3) is 0 Å². The van der Waals surface area contributed by atoms with Crippen molar-refractivity contribution in [3.8, 4) is 6.07 Å². The van der Waals surface area contributed by atoms with E-state index in [-0.39, 0.29) is 0 Å². The molecule has 5 nitrogen and oxygen atoms in total. The summed E-state index contributed by atoms with van der Waals surface area (Å²) >= 11 is 0. The van der Waals surface area contributed by atoms with E-state index in [1.165, 1.54) is 6.42 Å². The topological polar surface area (TPSA) is 69.4 Å². The van der Waals surface area contributed by atoms with Crippen LogP contribution in [0.4, 0.5) is 0 Å². The fourth-order valence-corrected chi connectivity index (χ4v) is 2.36. The number of hydrogen-bond acceptors (Lipinski definition) is 5. The molecule has 1 fully saturated rings. The average Bonchev–Trinajstić information content (AvgIpc) is 2.79. The van der Waals surface area contributed by atoms with Gasteiger partial charge in [0.1, 0.15) is 5.54 Å². The number of aliphatic imine (C=N–C) groups is 1. The predicted molar refractivity (Wildman–Crippen MR) is 60.5 cm³/mol. The predicted octanol–water partition coefficient (Wildman–Crippen LogP) is 0.939. The Bertz CT molecular complexity index is 322. The van der Waals surface area contributed by atoms with Crippen LogP contribution in [0.3, 0.4) is 0 Å². The van der Waals surface area contributed by atoms with E-state index in [1.807, 2.05) is 0 Å². The van der Waals surface area contributed by atoms with E-state index in [0.717, 1.165) is 32.4 Å². The molecular weight excluding hydrogens is 204 g/mol. The van der Waals surface area contributed by atoms with Gasteiger partial charge in [0.15, 0.2) is 0 Å². The Balaban J connectivity index is 1.91. The van der Waals surface area contributed by atoms with Crippen molar-refractivity contribution in [3.05, 3.63) is 0 Å². The van der Waals surface area contributed by atoms with Gasteiger partial charge in [0, 0.05) is 6.54 Å². The van der Waals surface area contributed by atoms with Crippen LogP contribution < -0.4 is 10.8 Å². The van der Waals surface area contributed by atoms with Gasteiger partial charge >= 0.3 is 6.02 Å². The second kappa shape index (κ2) is 4.71. The first-order chi connectivity index (χ1) is 7.74. The molecule has 2 rings (SSSR count). The van der Waals surface area contributed by atoms with E-state index in [4.69, 9.17) is 4.84 Å². The molecule has 2 aliphatic rings. The normalized spacial score (nSPS) is 33.8. The molecule has 2 unspecified atom stereocenters. The molecule has 5 heteroatoms. The fourth-order valence-electron chi connectivity index (χ4n) is 2.36. The van der Waals surface area contributed by atoms with Crippen molar-refractivity contribution in [2.24, 2.45) is 10.9 Å². The molecule has 1 aliphatic heterocycles. The fraction of sp³-hybridized carbons (Fsp3) is 0.818. The SMILES string of the molecule is CC1CCCC(C#N)(NOC2=NCCN2)C1. The van der Waals surface area contributed by atoms with Crippen LogP contribution >= 0.6 is 0 Å². The Morgan fingerprint density at radius 1 is 1.69 bits per heavy atom. The molecule has 1 aliphatic carbocycles. The number of nitrogens with one attached hydrogen (secondary N) is 2. The highest BCUT2D eigenvalue weighted by atomic mass is 16.7. The highest BCUT2D eigenvalue weighted by molar-refractivity contribution is 5.74. The minimum absolute atomic E-state index is 0.507. The molecule has 88 valence electrons. The van der Waals surface area contributed by atoms with Crippen LogP contribution in [0.5, 0.6) is 0 Å². The zero-order valence-corrected chi connectivity index (χ0v) is 9.62. The monoisotopic (exact) mass is 222 g/mol. The summed E-state index contributed by atoms with van der Waals surface area (Å²) in [5.74, 6) is 0.572. The van der Waals surface area contributed by atoms with Crippen LogP contribution in [0.1, 0.15) is 32.6 Å². The highest BCUT2D eigenvalue weighted by Crippen LogP contribution is 2.31. The van der Waals surface area contributed by atoms with Gasteiger partial charge < -0.3 is 10.2 Å². The van der Waals surface area contributed by atoms with E-state index < -0.39 is 5.54 Å². The third-order valence-electron chi connectivity index (χ3n) is 3.20. The lowest BCUT2D eigenvalue weighted by Gasteiger charge is -2.34. The van der Waals surface area contributed by atoms with Crippen molar-refractivity contribution in [2.75, 3.05) is 13.1 Å². The van der Waals surface area contributed by atoms with Crippen LogP contribution in [0.2, 0.25) is 0 Å². The standard InChI is InChI=1S/C11H18N4O/c1-9-3-2-4-11(7-9,8-12)15-16-10-13-5-6-14-10/h9,15H,2-7H2,1H3,(H,13,14). The van der Waals surface area contributed by atoms with E-state index >= 15 is 0 Å². The van der Waals surface area contributed by atoms with Gasteiger partial charge in [-0.2, -0.15) is 5.26 Å². The summed E-state index contributed by atoms with van der Waals surface area (Å²) < 4.78 is 0. The lowest BCUT2D eigenvalue weighted by Crippen LogP contribution is -2.49. The summed E-state index contributed by atoms with van der Waals surface area (Å²) in [6.07, 6.45) is 3.97. The lowest BCUT2D eigenvalue weighted by molar-refractivity contribution is 0.0654. The maximum atomic E-state index is 9.28. The molecule has 0 bridgehead atoms. The number of nitriles is 1. The van der Waals surface area contributed by atoms with Crippen molar-refractivity contribution < 1.29 is 4.84 Å². The largest absolute Gasteiger partial charge is 0.369 e. The summed E-state index contributed by atoms with van der Waals surface area (Å²) in [5.41, 5.74) is 2.37. The molecule has 0 aromatic rings. The molecule has 1 saturated carbocycles. The molecule has 0 saturated heterocycles. The van der Waals surface area contributed by atoms with Gasteiger partial charge in [-0.25, -0.2) is 4.99 Å². The van der Waals surface area contributed by atoms with Gasteiger partial charge in [-0.05, 0) is 18.8 Å². The number of nitrogens with zero attached hydrogens (tertiary/aromatic N) is 2. The first-order valence-corrected chi connectivity index (χ1v) is 5.88. The summed E-state index contributed by atoms with van der Waals surface area (Å²) in [6, 6.07) is 2.86. The van der Waals surface area contributed by atoms with Crippen molar-refractivity contribution in [3.63, 3.8) is 0 Å². The third-order valence-corrected chi connectivity index (χ3v) is 3.20. The third kappa shape index (κ3) is 2.45. The first-order valence-electron chi connectivity index (χ1n) is 5.88. The average molecular weight is 222 g/mol. The van der Waals surface area contributed by atoms with Crippen LogP contribution in [-0.2, 0) is 4.84 Å². The maximum Gasteiger partial charge on any atom is 0.305 e. The van der Waals surface area contributed by atoms with E-state index in [2.05, 4.69) is 28.8 Å². The van der Waals surface area contributed by atoms with Crippen molar-refractivity contribution in [1.29, 1.82) is 5.26 Å². The zero-order valence-electron chi connectivity index (χ0n) is 9.62. The summed E-state index contributed by atoms with van der Waals surface area (Å²) in [6.45, 7) is 3.73. The molecule has 0 amide bonds. The van der Waals surface area contributed by atoms with Crippen molar-refractivity contribution >= 4 is 6.02 Å². The van der Waals surface area contributed by atoms with Gasteiger partial charge in [0.25, 0.3) is 0 Å². The molecule has 0 spiro atoms. The van der Waals surface area contributed by atoms with Gasteiger partial charge in [-0.15, -0.1) is 5.48 Å². The Kier molecular flexibility index (Phi) is 3.30. The number of rotatable bonds is 2. The summed E-state index contributed by atoms with van der Waals surface area (Å²) in [5, 5.41) is 12.3. The molecule has 1 heterocycles. The van der Waals surface area contributed by atoms with Gasteiger partial charge in [0.2, 0.25) is 0 Å². The molecular formula is C11H18N4O. The number of hydroxylamine groups is 1. The Morgan fingerprint density at radius 3 is 3.19 bits per heavy atom. The van der Waals surface area contributed by atoms with Gasteiger partial charge in [0.05, 0.1) is 12.6 Å². The van der Waals surface area contributed by atoms with Crippen molar-refractivity contribution in [2.45, 2.75) is 38.1 Å². The second-order valence-electron chi connectivity index (χ2n) is 4.71. The minimum atomic E-state index is -0.537. The highest BCUT2D eigenvalue weighted by Gasteiger charge is 2.36. The molecule has 0 aromatic carbocycles. The summed E-state index contributed by atoms with van der Waals surface area (Å²) in [4.78, 5) is 9.47. The second-order valence-corrected chi connectivity index (χ2v) is 4.71. The molecule has 0 aromatic heterocycles. The Morgan fingerprint density at radius 2 is 2.56 bits per heavy atom. The van der Waals surface area contributed by atoms with E-state index in [1.54, 1.807) is 0 Å². The number of hydrogen-bond donors (Lipinski definition) is 2. The number of amidine groups is 1. The quantitative estimate of drug-likeness (QED) is 0.682. The summed E-state index contributed by atoms with van der Waals surface area (Å²) in [7, 11) is 0. The van der Waals surface area contributed by atoms with E-state index in [0.29, 0.717) is 11.9 Å². The van der Waals surface area contributed by atoms with Gasteiger partial charge in [-0.3, -0.25) is 0 Å². The first kappa shape index (κ1) is 11.2. The van der Waals surface area contributed by atoms with E-state index in [9.17, 15) is 5.26 Å². The van der Waals surface area contributed by atoms with Crippen molar-refractivity contribution in [1.82, 2.24) is 10.8 Å². The zero-order chi connectivity index (χ0) is 11.4. The Hall–Kier alpha value is -1.28. The minimum Gasteiger partial charge on any atom is -0.369 e. The molecule has 16 heavy (non-hydrogen) atoms. The molecule has 0 radical (unpaired) electrons. The molecule has 2 atom stereocenters. The van der Waals surface area contributed by atoms with Crippen LogP contribution in [-0.4, -0.2) is 24.7 Å². The Labute approximate surface area is 95.8 Å². The maximum absolute atomic E-state index is 9.28. The smallest absolute Gasteiger partial charge is 0.305 e. The van der Waals surface area contributed by atoms with Crippen LogP contribution in [0.15, 0.2) is 4.99 Å².